The summed E-state index contributed by atoms with van der Waals surface area (Å²) < 4.78 is 4.21. The van der Waals surface area contributed by atoms with E-state index in [2.05, 4.69) is 10.1 Å². The van der Waals surface area contributed by atoms with E-state index in [1.54, 1.807) is 4.57 Å². The minimum absolute atomic E-state index is 0.0554. The molecule has 0 radical (unpaired) electrons. The molecule has 3 heterocycles. The zero-order valence-corrected chi connectivity index (χ0v) is 13.8. The highest BCUT2D eigenvalue weighted by Crippen LogP contribution is 2.35. The average Bonchev–Trinajstić information content (AvgIpc) is 3.19. The molecule has 0 saturated heterocycles. The molecule has 0 atom stereocenters. The Morgan fingerprint density at radius 2 is 2.04 bits per heavy atom. The van der Waals surface area contributed by atoms with Crippen molar-refractivity contribution in [2.24, 2.45) is 0 Å². The Labute approximate surface area is 140 Å². The van der Waals surface area contributed by atoms with Gasteiger partial charge in [0.1, 0.15) is 0 Å². The maximum Gasteiger partial charge on any atom is 0.282 e. The van der Waals surface area contributed by atoms with Crippen LogP contribution in [0.2, 0.25) is 0 Å². The minimum Gasteiger partial charge on any atom is -0.309 e. The summed E-state index contributed by atoms with van der Waals surface area (Å²) in [7, 11) is 0. The van der Waals surface area contributed by atoms with Gasteiger partial charge in [0.2, 0.25) is 5.13 Å². The molecule has 5 rings (SSSR count). The van der Waals surface area contributed by atoms with Gasteiger partial charge >= 0.3 is 0 Å². The minimum atomic E-state index is -0.157. The average molecular weight is 338 g/mol. The molecule has 120 valence electrons. The lowest BCUT2D eigenvalue weighted by molar-refractivity contribution is 0.689. The third-order valence-electron chi connectivity index (χ3n) is 4.53. The monoisotopic (exact) mass is 338 g/mol. The van der Waals surface area contributed by atoms with E-state index in [9.17, 15) is 9.59 Å². The number of para-hydroxylation sites is 1. The largest absolute Gasteiger partial charge is 0.309 e. The highest BCUT2D eigenvalue weighted by Gasteiger charge is 2.28. The summed E-state index contributed by atoms with van der Waals surface area (Å²) in [4.78, 5) is 29.8. The van der Waals surface area contributed by atoms with Crippen LogP contribution in [0.5, 0.6) is 0 Å². The van der Waals surface area contributed by atoms with E-state index in [0.29, 0.717) is 16.0 Å². The number of nitrogens with zero attached hydrogens (tertiary/aromatic N) is 3. The zero-order chi connectivity index (χ0) is 16.4. The van der Waals surface area contributed by atoms with Gasteiger partial charge in [0.15, 0.2) is 0 Å². The van der Waals surface area contributed by atoms with Crippen molar-refractivity contribution in [2.75, 3.05) is 0 Å². The van der Waals surface area contributed by atoms with E-state index < -0.39 is 0 Å². The fourth-order valence-corrected chi connectivity index (χ4v) is 4.19. The number of fused-ring (bicyclic) bond motifs is 2. The molecule has 1 aliphatic carbocycles. The number of hydrogen-bond acceptors (Lipinski definition) is 4. The lowest BCUT2D eigenvalue weighted by Gasteiger charge is -2.07. The van der Waals surface area contributed by atoms with E-state index in [-0.39, 0.29) is 17.2 Å². The van der Waals surface area contributed by atoms with Crippen LogP contribution in [0.15, 0.2) is 39.9 Å². The molecule has 6 nitrogen and oxygen atoms in total. The van der Waals surface area contributed by atoms with Crippen molar-refractivity contribution >= 4 is 32.5 Å². The normalized spacial score (nSPS) is 14.7. The number of thiazole rings is 1. The molecule has 7 heteroatoms. The Morgan fingerprint density at radius 1 is 1.25 bits per heavy atom. The maximum absolute atomic E-state index is 12.9. The molecule has 4 aromatic rings. The highest BCUT2D eigenvalue weighted by atomic mass is 32.1. The van der Waals surface area contributed by atoms with E-state index in [1.807, 2.05) is 31.2 Å². The molecule has 0 unspecified atom stereocenters. The molecule has 1 fully saturated rings. The predicted molar refractivity (Wildman–Crippen MR) is 94.3 cm³/mol. The van der Waals surface area contributed by atoms with Crippen LogP contribution in [-0.4, -0.2) is 19.3 Å². The number of nitrogens with one attached hydrogen (secondary N) is 1. The number of pyridine rings is 1. The van der Waals surface area contributed by atoms with E-state index >= 15 is 0 Å². The van der Waals surface area contributed by atoms with Gasteiger partial charge in [-0.2, -0.15) is 4.68 Å². The molecular formula is C17H14N4O2S. The summed E-state index contributed by atoms with van der Waals surface area (Å²) in [6, 6.07) is 9.53. The summed E-state index contributed by atoms with van der Waals surface area (Å²) in [6.45, 7) is 1.85. The molecule has 3 aromatic heterocycles. The summed E-state index contributed by atoms with van der Waals surface area (Å²) >= 11 is 1.45. The van der Waals surface area contributed by atoms with Gasteiger partial charge in [0.05, 0.1) is 21.1 Å². The van der Waals surface area contributed by atoms with Crippen molar-refractivity contribution in [1.29, 1.82) is 0 Å². The van der Waals surface area contributed by atoms with Crippen molar-refractivity contribution in [3.8, 4) is 5.13 Å². The van der Waals surface area contributed by atoms with Crippen LogP contribution in [-0.2, 0) is 0 Å². The third kappa shape index (κ3) is 1.85. The van der Waals surface area contributed by atoms with Gasteiger partial charge in [-0.05, 0) is 31.9 Å². The highest BCUT2D eigenvalue weighted by molar-refractivity contribution is 7.20. The lowest BCUT2D eigenvalue weighted by atomic mass is 10.2. The first-order valence-electron chi connectivity index (χ1n) is 7.86. The SMILES string of the molecule is Cc1c2c(=O)n(-c3nc4ccccc4s3)[nH]c2cc(=O)n1C1CC1. The number of H-pyrrole nitrogens is 1. The van der Waals surface area contributed by atoms with Crippen LogP contribution in [0, 0.1) is 6.92 Å². The Bertz CT molecular complexity index is 1190. The second kappa shape index (κ2) is 4.67. The van der Waals surface area contributed by atoms with E-state index in [0.717, 1.165) is 28.8 Å². The molecule has 0 aliphatic heterocycles. The maximum atomic E-state index is 12.9. The standard InChI is InChI=1S/C17H14N4O2S/c1-9-15-12(8-14(22)20(9)10-6-7-10)19-21(16(15)23)17-18-11-4-2-3-5-13(11)24-17/h2-5,8,10,19H,6-7H2,1H3. The predicted octanol–water partition coefficient (Wildman–Crippen LogP) is 2.73. The number of benzene rings is 1. The molecule has 1 N–H and O–H groups in total. The van der Waals surface area contributed by atoms with Crippen molar-refractivity contribution in [1.82, 2.24) is 19.3 Å². The van der Waals surface area contributed by atoms with Crippen molar-refractivity contribution < 1.29 is 0 Å². The Morgan fingerprint density at radius 3 is 2.79 bits per heavy atom. The van der Waals surface area contributed by atoms with Crippen LogP contribution in [0.1, 0.15) is 24.6 Å². The number of aryl methyl sites for hydroxylation is 1. The van der Waals surface area contributed by atoms with Gasteiger partial charge < -0.3 is 4.57 Å². The number of hydrogen-bond donors (Lipinski definition) is 1. The van der Waals surface area contributed by atoms with Gasteiger partial charge in [-0.15, -0.1) is 0 Å². The Hall–Kier alpha value is -2.67. The van der Waals surface area contributed by atoms with Crippen LogP contribution < -0.4 is 11.1 Å². The first-order valence-corrected chi connectivity index (χ1v) is 8.68. The van der Waals surface area contributed by atoms with Crippen molar-refractivity contribution in [3.05, 3.63) is 56.7 Å². The van der Waals surface area contributed by atoms with E-state index in [1.165, 1.54) is 22.1 Å². The Balaban J connectivity index is 1.81. The fourth-order valence-electron chi connectivity index (χ4n) is 3.26. The Kier molecular flexibility index (Phi) is 2.67. The van der Waals surface area contributed by atoms with Gasteiger partial charge in [-0.1, -0.05) is 23.5 Å². The molecule has 0 amide bonds. The summed E-state index contributed by atoms with van der Waals surface area (Å²) in [6.07, 6.45) is 2.01. The quantitative estimate of drug-likeness (QED) is 0.611. The first kappa shape index (κ1) is 13.7. The molecule has 0 spiro atoms. The van der Waals surface area contributed by atoms with Gasteiger partial charge in [-0.25, -0.2) is 4.98 Å². The molecule has 1 saturated carbocycles. The van der Waals surface area contributed by atoms with Gasteiger partial charge in [0, 0.05) is 17.8 Å². The smallest absolute Gasteiger partial charge is 0.282 e. The molecular weight excluding hydrogens is 324 g/mol. The van der Waals surface area contributed by atoms with Crippen molar-refractivity contribution in [2.45, 2.75) is 25.8 Å². The third-order valence-corrected chi connectivity index (χ3v) is 5.55. The fraction of sp³-hybridized carbons (Fsp3) is 0.235. The summed E-state index contributed by atoms with van der Waals surface area (Å²) in [5.41, 5.74) is 1.95. The summed E-state index contributed by atoms with van der Waals surface area (Å²) in [5.74, 6) is 0. The second-order valence-electron chi connectivity index (χ2n) is 6.17. The number of aromatic nitrogens is 4. The molecule has 1 aliphatic rings. The topological polar surface area (TPSA) is 72.7 Å². The number of aromatic amines is 1. The van der Waals surface area contributed by atoms with Crippen LogP contribution in [0.3, 0.4) is 0 Å². The van der Waals surface area contributed by atoms with E-state index in [4.69, 9.17) is 0 Å². The summed E-state index contributed by atoms with van der Waals surface area (Å²) in [5, 5.41) is 4.20. The number of rotatable bonds is 2. The zero-order valence-electron chi connectivity index (χ0n) is 12.9. The lowest BCUT2D eigenvalue weighted by Crippen LogP contribution is -2.22. The molecule has 0 bridgehead atoms. The van der Waals surface area contributed by atoms with Crippen LogP contribution in [0.4, 0.5) is 0 Å². The molecule has 24 heavy (non-hydrogen) atoms. The van der Waals surface area contributed by atoms with Crippen LogP contribution in [0.25, 0.3) is 26.3 Å². The van der Waals surface area contributed by atoms with Crippen LogP contribution >= 0.6 is 11.3 Å². The van der Waals surface area contributed by atoms with Gasteiger partial charge in [-0.3, -0.25) is 14.7 Å². The molecule has 1 aromatic carbocycles. The van der Waals surface area contributed by atoms with Crippen molar-refractivity contribution in [3.63, 3.8) is 0 Å². The first-order chi connectivity index (χ1) is 11.6. The van der Waals surface area contributed by atoms with Gasteiger partial charge in [0.25, 0.3) is 11.1 Å². The second-order valence-corrected chi connectivity index (χ2v) is 7.18.